The molecule has 0 aromatic rings. The van der Waals surface area contributed by atoms with Crippen molar-refractivity contribution in [2.45, 2.75) is 51.6 Å². The van der Waals surface area contributed by atoms with Gasteiger partial charge in [0.15, 0.2) is 0 Å². The average Bonchev–Trinajstić information content (AvgIpc) is 3.18. The van der Waals surface area contributed by atoms with Crippen LogP contribution in [0.15, 0.2) is 0 Å². The Kier molecular flexibility index (Phi) is 2.90. The first-order valence-corrected chi connectivity index (χ1v) is 9.80. The molecule has 6 rings (SSSR count). The Morgan fingerprint density at radius 2 is 1.92 bits per heavy atom. The van der Waals surface area contributed by atoms with Crippen molar-refractivity contribution in [1.29, 1.82) is 0 Å². The zero-order valence-corrected chi connectivity index (χ0v) is 15.1. The molecule has 135 valence electrons. The normalized spacial score (nSPS) is 47.2. The topological polar surface area (TPSA) is 63.7 Å². The fourth-order valence-electron chi connectivity index (χ4n) is 6.95. The largest absolute Gasteiger partial charge is 0.465 e. The van der Waals surface area contributed by atoms with Crippen molar-refractivity contribution in [3.05, 3.63) is 29.6 Å². The van der Waals surface area contributed by atoms with E-state index in [0.717, 1.165) is 31.2 Å². The van der Waals surface area contributed by atoms with E-state index in [2.05, 4.69) is 18.7 Å². The van der Waals surface area contributed by atoms with Crippen LogP contribution in [0.25, 0.3) is 0 Å². The molecule has 6 fully saturated rings. The van der Waals surface area contributed by atoms with Gasteiger partial charge in [-0.1, -0.05) is 6.92 Å². The van der Waals surface area contributed by atoms with Crippen molar-refractivity contribution in [2.24, 2.45) is 17.3 Å². The minimum Gasteiger partial charge on any atom is -0.465 e. The Balaban J connectivity index is 1.60. The number of carbonyl (C=O) groups is 3. The number of nitrogens with zero attached hydrogens (tertiary/aromatic N) is 1. The predicted octanol–water partition coefficient (Wildman–Crippen LogP) is 1.48. The number of carbonyl (C=O) groups excluding carboxylic acids is 3. The van der Waals surface area contributed by atoms with Crippen LogP contribution in [0, 0.1) is 46.8 Å². The lowest BCUT2D eigenvalue weighted by molar-refractivity contribution is -0.143. The summed E-state index contributed by atoms with van der Waals surface area (Å²) in [6.07, 6.45) is 2.79. The Hall–Kier alpha value is -1.23. The molecule has 5 radical (unpaired) electrons. The highest BCUT2D eigenvalue weighted by atomic mass is 16.5. The Bertz CT molecular complexity index is 734. The smallest absolute Gasteiger partial charge is 0.315 e. The number of esters is 1. The summed E-state index contributed by atoms with van der Waals surface area (Å²) in [5, 5.41) is 0. The molecule has 5 heteroatoms. The average molecular weight is 352 g/mol. The highest BCUT2D eigenvalue weighted by Crippen LogP contribution is 2.72. The SMILES string of the molecule is C[C@H]1[C@H]2CC3N1C[C@H]1CCC(=O)[C]4[C]5CCOC(=O)[C]5[C]([C]4[C@@]31C)C2=O. The van der Waals surface area contributed by atoms with E-state index in [1.54, 1.807) is 0 Å². The Morgan fingerprint density at radius 3 is 2.73 bits per heavy atom. The van der Waals surface area contributed by atoms with Gasteiger partial charge in [0, 0.05) is 42.8 Å². The molecule has 3 saturated heterocycles. The summed E-state index contributed by atoms with van der Waals surface area (Å²) in [6, 6.07) is 0.496. The fraction of sp³-hybridized carbons (Fsp3) is 0.619. The molecule has 1 unspecified atom stereocenters. The summed E-state index contributed by atoms with van der Waals surface area (Å²) in [5.74, 6) is 3.50. The van der Waals surface area contributed by atoms with Gasteiger partial charge in [-0.2, -0.15) is 0 Å². The summed E-state index contributed by atoms with van der Waals surface area (Å²) in [5.41, 5.74) is -0.219. The van der Waals surface area contributed by atoms with Gasteiger partial charge in [-0.3, -0.25) is 19.3 Å². The second kappa shape index (κ2) is 4.78. The maximum atomic E-state index is 13.6. The second-order valence-electron chi connectivity index (χ2n) is 8.97. The molecule has 5 nitrogen and oxygen atoms in total. The molecule has 5 atom stereocenters. The quantitative estimate of drug-likeness (QED) is 0.618. The van der Waals surface area contributed by atoms with Gasteiger partial charge in [-0.15, -0.1) is 0 Å². The summed E-state index contributed by atoms with van der Waals surface area (Å²) in [7, 11) is 0. The number of rotatable bonds is 0. The first kappa shape index (κ1) is 15.8. The minimum atomic E-state index is -0.407. The van der Waals surface area contributed by atoms with Crippen LogP contribution in [-0.2, 0) is 19.1 Å². The molecule has 3 saturated carbocycles. The molecule has 3 heterocycles. The molecule has 6 aliphatic rings. The van der Waals surface area contributed by atoms with Crippen LogP contribution in [-0.4, -0.2) is 47.7 Å². The van der Waals surface area contributed by atoms with Crippen molar-refractivity contribution in [2.75, 3.05) is 13.2 Å². The summed E-state index contributed by atoms with van der Waals surface area (Å²) in [6.45, 7) is 5.67. The zero-order chi connectivity index (χ0) is 18.0. The third kappa shape index (κ3) is 1.54. The van der Waals surface area contributed by atoms with Crippen LogP contribution in [0.3, 0.4) is 0 Å². The van der Waals surface area contributed by atoms with Crippen LogP contribution in [0.5, 0.6) is 0 Å². The Morgan fingerprint density at radius 1 is 1.12 bits per heavy atom. The van der Waals surface area contributed by atoms with E-state index in [9.17, 15) is 14.4 Å². The van der Waals surface area contributed by atoms with Crippen molar-refractivity contribution in [3.8, 4) is 0 Å². The Labute approximate surface area is 153 Å². The molecular formula is C21H22NO4. The third-order valence-corrected chi connectivity index (χ3v) is 8.22. The van der Waals surface area contributed by atoms with Crippen LogP contribution >= 0.6 is 0 Å². The van der Waals surface area contributed by atoms with Crippen molar-refractivity contribution >= 4 is 17.5 Å². The summed E-state index contributed by atoms with van der Waals surface area (Å²) in [4.78, 5) is 41.9. The molecule has 2 bridgehead atoms. The number of hydrogen-bond acceptors (Lipinski definition) is 5. The van der Waals surface area contributed by atoms with Crippen molar-refractivity contribution in [1.82, 2.24) is 4.90 Å². The van der Waals surface area contributed by atoms with E-state index in [4.69, 9.17) is 4.74 Å². The molecule has 3 aliphatic heterocycles. The van der Waals surface area contributed by atoms with Crippen LogP contribution in [0.2, 0.25) is 0 Å². The first-order valence-electron chi connectivity index (χ1n) is 9.80. The molecule has 0 spiro atoms. The lowest BCUT2D eigenvalue weighted by atomic mass is 9.60. The van der Waals surface area contributed by atoms with E-state index in [1.807, 2.05) is 0 Å². The van der Waals surface area contributed by atoms with Gasteiger partial charge >= 0.3 is 5.97 Å². The number of cyclic esters (lactones) is 1. The lowest BCUT2D eigenvalue weighted by Crippen LogP contribution is -2.46. The van der Waals surface area contributed by atoms with E-state index in [1.165, 1.54) is 0 Å². The fourth-order valence-corrected chi connectivity index (χ4v) is 6.95. The van der Waals surface area contributed by atoms with Crippen molar-refractivity contribution < 1.29 is 19.1 Å². The van der Waals surface area contributed by atoms with Gasteiger partial charge in [0.05, 0.1) is 18.4 Å². The van der Waals surface area contributed by atoms with Gasteiger partial charge in [-0.25, -0.2) is 0 Å². The predicted molar refractivity (Wildman–Crippen MR) is 90.7 cm³/mol. The van der Waals surface area contributed by atoms with Crippen LogP contribution in [0.4, 0.5) is 0 Å². The molecule has 0 aromatic heterocycles. The van der Waals surface area contributed by atoms with Crippen LogP contribution in [0.1, 0.15) is 39.5 Å². The summed E-state index contributed by atoms with van der Waals surface area (Å²) < 4.78 is 5.30. The number of Topliss-reactive ketones (excluding diaryl/α,β-unsaturated/α-hetero) is 2. The number of fused-ring (bicyclic) bond motifs is 4. The van der Waals surface area contributed by atoms with E-state index in [0.29, 0.717) is 49.2 Å². The zero-order valence-electron chi connectivity index (χ0n) is 15.1. The van der Waals surface area contributed by atoms with E-state index >= 15 is 0 Å². The molecule has 0 amide bonds. The maximum Gasteiger partial charge on any atom is 0.315 e. The van der Waals surface area contributed by atoms with Gasteiger partial charge in [0.1, 0.15) is 17.5 Å². The first-order chi connectivity index (χ1) is 12.4. The van der Waals surface area contributed by atoms with Gasteiger partial charge in [0.2, 0.25) is 0 Å². The van der Waals surface area contributed by atoms with E-state index < -0.39 is 5.97 Å². The highest BCUT2D eigenvalue weighted by molar-refractivity contribution is 6.20. The molecule has 26 heavy (non-hydrogen) atoms. The lowest BCUT2D eigenvalue weighted by Gasteiger charge is -2.43. The number of ketones is 2. The number of ether oxygens (including phenoxy) is 1. The molecular weight excluding hydrogens is 330 g/mol. The third-order valence-electron chi connectivity index (χ3n) is 8.22. The van der Waals surface area contributed by atoms with Gasteiger partial charge in [-0.05, 0) is 37.5 Å². The maximum absolute atomic E-state index is 13.6. The molecule has 0 aromatic carbocycles. The summed E-state index contributed by atoms with van der Waals surface area (Å²) >= 11 is 0. The highest BCUT2D eigenvalue weighted by Gasteiger charge is 2.75. The van der Waals surface area contributed by atoms with E-state index in [-0.39, 0.29) is 28.9 Å². The second-order valence-corrected chi connectivity index (χ2v) is 8.97. The molecule has 3 aliphatic carbocycles. The van der Waals surface area contributed by atoms with Crippen LogP contribution < -0.4 is 0 Å². The molecule has 0 N–H and O–H groups in total. The van der Waals surface area contributed by atoms with Gasteiger partial charge in [0.25, 0.3) is 0 Å². The van der Waals surface area contributed by atoms with Gasteiger partial charge < -0.3 is 4.74 Å². The van der Waals surface area contributed by atoms with Crippen molar-refractivity contribution in [3.63, 3.8) is 0 Å². The number of hydrogen-bond donors (Lipinski definition) is 0. The monoisotopic (exact) mass is 352 g/mol. The minimum absolute atomic E-state index is 0.0698. The standard InChI is InChI=1S/C21H22NO4/c1-9-12-7-14-21(2)10(8-22(9)14)3-4-13(23)15-11-5-6-26-20(25)16(11)17(18(15)21)19(12)24/h9-10,12,14H,3-8H2,1-2H3/t9-,10+,12+,14?,21+/m0/s1.